The van der Waals surface area contributed by atoms with E-state index in [1.807, 2.05) is 11.3 Å². The topological polar surface area (TPSA) is 12.0 Å². The molecule has 0 bridgehead atoms. The highest BCUT2D eigenvalue weighted by atomic mass is 127. The van der Waals surface area contributed by atoms with Gasteiger partial charge < -0.3 is 5.32 Å². The van der Waals surface area contributed by atoms with Crippen LogP contribution in [0, 0.1) is 9.81 Å². The molecule has 2 aromatic rings. The van der Waals surface area contributed by atoms with Gasteiger partial charge in [0.25, 0.3) is 0 Å². The van der Waals surface area contributed by atoms with Crippen LogP contribution in [0.15, 0.2) is 30.3 Å². The Morgan fingerprint density at radius 3 is 3.10 bits per heavy atom. The predicted octanol–water partition coefficient (Wildman–Crippen LogP) is 4.87. The lowest BCUT2D eigenvalue weighted by molar-refractivity contribution is 0.467. The molecule has 1 nitrogen and oxygen atoms in total. The van der Waals surface area contributed by atoms with Crippen molar-refractivity contribution in [1.82, 2.24) is 5.32 Å². The highest BCUT2D eigenvalue weighted by molar-refractivity contribution is 14.1. The van der Waals surface area contributed by atoms with Gasteiger partial charge >= 0.3 is 0 Å². The molecule has 0 fully saturated rings. The number of rotatable bonds is 4. The summed E-state index contributed by atoms with van der Waals surface area (Å²) in [5.41, 5.74) is 4.36. The Kier molecular flexibility index (Phi) is 4.79. The molecule has 1 aliphatic carbocycles. The van der Waals surface area contributed by atoms with E-state index in [1.165, 1.54) is 33.3 Å². The minimum atomic E-state index is 0.573. The standard InChI is InChI=1S/C17H20INS/c1-12-4-2-5-13(10-12)8-9-19-15-6-3-7-16-14(15)11-17(18)20-16/h2,4-5,10-11,15,19H,3,6-9H2,1H3. The van der Waals surface area contributed by atoms with Crippen LogP contribution in [0.1, 0.15) is 40.5 Å². The van der Waals surface area contributed by atoms with Crippen LogP contribution in [0.3, 0.4) is 0 Å². The monoisotopic (exact) mass is 397 g/mol. The zero-order chi connectivity index (χ0) is 13.9. The van der Waals surface area contributed by atoms with Crippen LogP contribution < -0.4 is 5.32 Å². The molecule has 1 aromatic heterocycles. The molecule has 1 atom stereocenters. The smallest absolute Gasteiger partial charge is 0.0659 e. The van der Waals surface area contributed by atoms with E-state index in [1.54, 1.807) is 10.4 Å². The first-order valence-corrected chi connectivity index (χ1v) is 9.19. The van der Waals surface area contributed by atoms with Crippen LogP contribution in [0.25, 0.3) is 0 Å². The van der Waals surface area contributed by atoms with Crippen molar-refractivity contribution in [2.24, 2.45) is 0 Å². The van der Waals surface area contributed by atoms with E-state index < -0.39 is 0 Å². The largest absolute Gasteiger partial charge is 0.310 e. The molecule has 3 rings (SSSR count). The van der Waals surface area contributed by atoms with Gasteiger partial charge in [-0.3, -0.25) is 0 Å². The molecule has 0 aliphatic heterocycles. The second-order valence-electron chi connectivity index (χ2n) is 5.57. The van der Waals surface area contributed by atoms with Crippen molar-refractivity contribution in [3.05, 3.63) is 54.8 Å². The van der Waals surface area contributed by atoms with E-state index in [-0.39, 0.29) is 0 Å². The van der Waals surface area contributed by atoms with Crippen LogP contribution in [-0.2, 0) is 12.8 Å². The van der Waals surface area contributed by atoms with Crippen molar-refractivity contribution >= 4 is 33.9 Å². The zero-order valence-electron chi connectivity index (χ0n) is 11.8. The van der Waals surface area contributed by atoms with E-state index in [4.69, 9.17) is 0 Å². The molecule has 0 spiro atoms. The van der Waals surface area contributed by atoms with E-state index >= 15 is 0 Å². The molecule has 3 heteroatoms. The Labute approximate surface area is 138 Å². The summed E-state index contributed by atoms with van der Waals surface area (Å²) in [5.74, 6) is 0. The molecule has 106 valence electrons. The first-order valence-electron chi connectivity index (χ1n) is 7.29. The summed E-state index contributed by atoms with van der Waals surface area (Å²) in [4.78, 5) is 1.61. The summed E-state index contributed by atoms with van der Waals surface area (Å²) in [6.45, 7) is 3.23. The number of hydrogen-bond acceptors (Lipinski definition) is 2. The van der Waals surface area contributed by atoms with Gasteiger partial charge in [0.1, 0.15) is 0 Å². The van der Waals surface area contributed by atoms with Crippen LogP contribution in [0.4, 0.5) is 0 Å². The third-order valence-corrected chi connectivity index (χ3v) is 5.94. The van der Waals surface area contributed by atoms with Crippen LogP contribution in [-0.4, -0.2) is 6.54 Å². The van der Waals surface area contributed by atoms with E-state index in [0.717, 1.165) is 13.0 Å². The van der Waals surface area contributed by atoms with Gasteiger partial charge in [0.15, 0.2) is 0 Å². The van der Waals surface area contributed by atoms with Gasteiger partial charge in [0.2, 0.25) is 0 Å². The zero-order valence-corrected chi connectivity index (χ0v) is 14.8. The first-order chi connectivity index (χ1) is 9.72. The third kappa shape index (κ3) is 3.43. The van der Waals surface area contributed by atoms with Crippen LogP contribution >= 0.6 is 33.9 Å². The molecule has 1 unspecified atom stereocenters. The molecular formula is C17H20INS. The minimum Gasteiger partial charge on any atom is -0.310 e. The summed E-state index contributed by atoms with van der Waals surface area (Å²) in [6, 6.07) is 11.8. The van der Waals surface area contributed by atoms with Gasteiger partial charge in [0, 0.05) is 10.9 Å². The molecule has 0 radical (unpaired) electrons. The molecule has 20 heavy (non-hydrogen) atoms. The molecule has 0 saturated heterocycles. The fraction of sp³-hybridized carbons (Fsp3) is 0.412. The van der Waals surface area contributed by atoms with E-state index in [9.17, 15) is 0 Å². The second-order valence-corrected chi connectivity index (χ2v) is 8.60. The average Bonchev–Trinajstić information content (AvgIpc) is 2.80. The highest BCUT2D eigenvalue weighted by Crippen LogP contribution is 2.36. The van der Waals surface area contributed by atoms with Gasteiger partial charge in [-0.15, -0.1) is 11.3 Å². The summed E-state index contributed by atoms with van der Waals surface area (Å²) in [6.07, 6.45) is 5.01. The van der Waals surface area contributed by atoms with Crippen LogP contribution in [0.2, 0.25) is 0 Å². The SMILES string of the molecule is Cc1cccc(CCNC2CCCc3sc(I)cc32)c1. The van der Waals surface area contributed by atoms with Crippen molar-refractivity contribution in [3.8, 4) is 0 Å². The summed E-state index contributed by atoms with van der Waals surface area (Å²) in [5, 5.41) is 3.76. The fourth-order valence-electron chi connectivity index (χ4n) is 2.99. The number of hydrogen-bond donors (Lipinski definition) is 1. The third-order valence-electron chi connectivity index (χ3n) is 3.97. The fourth-order valence-corrected chi connectivity index (χ4v) is 5.11. The lowest BCUT2D eigenvalue weighted by Gasteiger charge is -2.23. The summed E-state index contributed by atoms with van der Waals surface area (Å²) in [7, 11) is 0. The summed E-state index contributed by atoms with van der Waals surface area (Å²) >= 11 is 4.42. The average molecular weight is 397 g/mol. The summed E-state index contributed by atoms with van der Waals surface area (Å²) < 4.78 is 1.43. The van der Waals surface area contributed by atoms with Gasteiger partial charge in [-0.1, -0.05) is 29.8 Å². The minimum absolute atomic E-state index is 0.573. The Hall–Kier alpha value is -0.390. The highest BCUT2D eigenvalue weighted by Gasteiger charge is 2.21. The van der Waals surface area contributed by atoms with E-state index in [0.29, 0.717) is 6.04 Å². The van der Waals surface area contributed by atoms with Crippen molar-refractivity contribution in [2.75, 3.05) is 6.54 Å². The maximum atomic E-state index is 3.76. The van der Waals surface area contributed by atoms with Gasteiger partial charge in [-0.25, -0.2) is 0 Å². The van der Waals surface area contributed by atoms with Gasteiger partial charge in [-0.2, -0.15) is 0 Å². The van der Waals surface area contributed by atoms with Crippen molar-refractivity contribution in [2.45, 2.75) is 38.6 Å². The predicted molar refractivity (Wildman–Crippen MR) is 95.6 cm³/mol. The lowest BCUT2D eigenvalue weighted by Crippen LogP contribution is -2.26. The van der Waals surface area contributed by atoms with Gasteiger partial charge in [-0.05, 0) is 78.9 Å². The molecule has 1 aromatic carbocycles. The molecule has 1 N–H and O–H groups in total. The number of halogens is 1. The normalized spacial score (nSPS) is 18.0. The first kappa shape index (κ1) is 14.5. The molecule has 1 heterocycles. The quantitative estimate of drug-likeness (QED) is 0.726. The number of nitrogens with one attached hydrogen (secondary N) is 1. The number of benzene rings is 1. The Morgan fingerprint density at radius 2 is 2.25 bits per heavy atom. The molecular weight excluding hydrogens is 377 g/mol. The molecule has 0 amide bonds. The van der Waals surface area contributed by atoms with Crippen LogP contribution in [0.5, 0.6) is 0 Å². The maximum absolute atomic E-state index is 3.76. The van der Waals surface area contributed by atoms with Crippen molar-refractivity contribution < 1.29 is 0 Å². The molecule has 1 aliphatic rings. The lowest BCUT2D eigenvalue weighted by atomic mass is 9.94. The van der Waals surface area contributed by atoms with Crippen molar-refractivity contribution in [3.63, 3.8) is 0 Å². The van der Waals surface area contributed by atoms with Gasteiger partial charge in [0.05, 0.1) is 2.88 Å². The number of aryl methyl sites for hydroxylation is 2. The Morgan fingerprint density at radius 1 is 1.35 bits per heavy atom. The second kappa shape index (κ2) is 6.58. The Bertz CT molecular complexity index is 590. The maximum Gasteiger partial charge on any atom is 0.0659 e. The molecule has 0 saturated carbocycles. The number of fused-ring (bicyclic) bond motifs is 1. The van der Waals surface area contributed by atoms with E-state index in [2.05, 4.69) is 65.2 Å². The number of thiophene rings is 1. The van der Waals surface area contributed by atoms with Crippen molar-refractivity contribution in [1.29, 1.82) is 0 Å². The Balaban J connectivity index is 1.59.